The third-order valence-electron chi connectivity index (χ3n) is 3.83. The van der Waals surface area contributed by atoms with Crippen molar-refractivity contribution in [3.05, 3.63) is 24.3 Å². The number of rotatable bonds is 15. The van der Waals surface area contributed by atoms with Gasteiger partial charge in [-0.2, -0.15) is 0 Å². The van der Waals surface area contributed by atoms with E-state index in [1.54, 1.807) is 0 Å². The lowest BCUT2D eigenvalue weighted by molar-refractivity contribution is 0.577. The van der Waals surface area contributed by atoms with Crippen LogP contribution in [0.4, 0.5) is 0 Å². The van der Waals surface area contributed by atoms with Crippen molar-refractivity contribution in [3.63, 3.8) is 0 Å². The highest BCUT2D eigenvalue weighted by molar-refractivity contribution is 5.02. The van der Waals surface area contributed by atoms with Crippen molar-refractivity contribution in [2.45, 2.75) is 104 Å². The number of allylic oxidation sites excluding steroid dienone is 4. The fourth-order valence-corrected chi connectivity index (χ4v) is 2.43. The summed E-state index contributed by atoms with van der Waals surface area (Å²) in [5.74, 6) is 0. The molecule has 0 unspecified atom stereocenters. The first-order valence-electron chi connectivity index (χ1n) is 9.23. The van der Waals surface area contributed by atoms with E-state index < -0.39 is 0 Å². The molecule has 20 heavy (non-hydrogen) atoms. The molecule has 0 spiro atoms. The molecular weight excluding hydrogens is 240 g/mol. The molecule has 0 aliphatic heterocycles. The predicted molar refractivity (Wildman–Crippen MR) is 94.3 cm³/mol. The van der Waals surface area contributed by atoms with E-state index >= 15 is 0 Å². The summed E-state index contributed by atoms with van der Waals surface area (Å²) in [6.45, 7) is 4.55. The van der Waals surface area contributed by atoms with Gasteiger partial charge in [-0.25, -0.2) is 0 Å². The van der Waals surface area contributed by atoms with Crippen LogP contribution in [-0.4, -0.2) is 0 Å². The van der Waals surface area contributed by atoms with Gasteiger partial charge in [0.2, 0.25) is 0 Å². The van der Waals surface area contributed by atoms with Crippen molar-refractivity contribution in [2.24, 2.45) is 0 Å². The fourth-order valence-electron chi connectivity index (χ4n) is 2.43. The molecule has 0 N–H and O–H groups in total. The van der Waals surface area contributed by atoms with Gasteiger partial charge < -0.3 is 0 Å². The van der Waals surface area contributed by atoms with Gasteiger partial charge in [0.15, 0.2) is 0 Å². The van der Waals surface area contributed by atoms with E-state index in [0.717, 1.165) is 0 Å². The van der Waals surface area contributed by atoms with Crippen molar-refractivity contribution < 1.29 is 0 Å². The van der Waals surface area contributed by atoms with Crippen LogP contribution in [0.2, 0.25) is 0 Å². The molecule has 0 bridgehead atoms. The average Bonchev–Trinajstić information content (AvgIpc) is 2.47. The summed E-state index contributed by atoms with van der Waals surface area (Å²) in [6, 6.07) is 0. The van der Waals surface area contributed by atoms with E-state index in [1.165, 1.54) is 89.9 Å². The van der Waals surface area contributed by atoms with Crippen molar-refractivity contribution in [1.82, 2.24) is 0 Å². The quantitative estimate of drug-likeness (QED) is 0.214. The molecule has 0 fully saturated rings. The molecule has 0 nitrogen and oxygen atoms in total. The van der Waals surface area contributed by atoms with Gasteiger partial charge in [-0.15, -0.1) is 0 Å². The summed E-state index contributed by atoms with van der Waals surface area (Å²) in [4.78, 5) is 0. The molecule has 0 aliphatic rings. The molecule has 0 aromatic rings. The molecule has 0 radical (unpaired) electrons. The molecule has 0 heterocycles. The number of hydrogen-bond acceptors (Lipinski definition) is 0. The Balaban J connectivity index is 3.13. The van der Waals surface area contributed by atoms with Gasteiger partial charge in [-0.1, -0.05) is 102 Å². The second-order valence-corrected chi connectivity index (χ2v) is 5.97. The molecule has 0 saturated heterocycles. The number of hydrogen-bond donors (Lipinski definition) is 0. The Morgan fingerprint density at radius 2 is 0.800 bits per heavy atom. The van der Waals surface area contributed by atoms with Crippen LogP contribution in [0.25, 0.3) is 0 Å². The minimum absolute atomic E-state index is 1.25. The summed E-state index contributed by atoms with van der Waals surface area (Å²) < 4.78 is 0. The second kappa shape index (κ2) is 18.5. The molecule has 0 atom stereocenters. The Morgan fingerprint density at radius 3 is 1.25 bits per heavy atom. The van der Waals surface area contributed by atoms with E-state index in [1.807, 2.05) is 0 Å². The van der Waals surface area contributed by atoms with E-state index in [4.69, 9.17) is 0 Å². The van der Waals surface area contributed by atoms with E-state index in [0.29, 0.717) is 0 Å². The van der Waals surface area contributed by atoms with Gasteiger partial charge in [0.25, 0.3) is 0 Å². The maximum absolute atomic E-state index is 2.33. The van der Waals surface area contributed by atoms with Crippen molar-refractivity contribution in [1.29, 1.82) is 0 Å². The Kier molecular flexibility index (Phi) is 18.0. The lowest BCUT2D eigenvalue weighted by Crippen LogP contribution is -1.79. The molecule has 0 heteroatoms. The van der Waals surface area contributed by atoms with Crippen molar-refractivity contribution >= 4 is 0 Å². The molecule has 0 amide bonds. The van der Waals surface area contributed by atoms with Crippen LogP contribution in [0, 0.1) is 0 Å². The zero-order chi connectivity index (χ0) is 14.7. The standard InChI is InChI=1S/C20H38/c1-3-5-7-9-11-13-15-17-19-20-18-16-14-12-10-8-6-4-2/h13,15,17,19H,3-12,14,16,18,20H2,1-2H3/b15-13-,19-17+. The van der Waals surface area contributed by atoms with E-state index in [2.05, 4.69) is 38.2 Å². The summed E-state index contributed by atoms with van der Waals surface area (Å²) in [7, 11) is 0. The topological polar surface area (TPSA) is 0 Å². The predicted octanol–water partition coefficient (Wildman–Crippen LogP) is 7.60. The van der Waals surface area contributed by atoms with Gasteiger partial charge in [0, 0.05) is 0 Å². The van der Waals surface area contributed by atoms with Crippen molar-refractivity contribution in [3.8, 4) is 0 Å². The summed E-state index contributed by atoms with van der Waals surface area (Å²) in [5.41, 5.74) is 0. The fraction of sp³-hybridized carbons (Fsp3) is 0.800. The Hall–Kier alpha value is -0.520. The number of unbranched alkanes of at least 4 members (excludes halogenated alkanes) is 12. The largest absolute Gasteiger partial charge is 0.0845 e. The first kappa shape index (κ1) is 19.5. The normalized spacial score (nSPS) is 11.9. The van der Waals surface area contributed by atoms with Crippen LogP contribution in [-0.2, 0) is 0 Å². The van der Waals surface area contributed by atoms with Crippen LogP contribution in [0.1, 0.15) is 104 Å². The zero-order valence-corrected chi connectivity index (χ0v) is 14.2. The van der Waals surface area contributed by atoms with Gasteiger partial charge in [0.05, 0.1) is 0 Å². The Bertz CT molecular complexity index is 212. The van der Waals surface area contributed by atoms with Gasteiger partial charge in [-0.05, 0) is 25.7 Å². The molecule has 0 aromatic carbocycles. The Morgan fingerprint density at radius 1 is 0.450 bits per heavy atom. The third kappa shape index (κ3) is 17.5. The first-order chi connectivity index (χ1) is 9.91. The lowest BCUT2D eigenvalue weighted by Gasteiger charge is -1.99. The second-order valence-electron chi connectivity index (χ2n) is 5.97. The molecule has 0 rings (SSSR count). The highest BCUT2D eigenvalue weighted by Gasteiger charge is 1.90. The molecular formula is C20H38. The van der Waals surface area contributed by atoms with Gasteiger partial charge >= 0.3 is 0 Å². The van der Waals surface area contributed by atoms with Gasteiger partial charge in [0.1, 0.15) is 0 Å². The molecule has 0 saturated carbocycles. The minimum atomic E-state index is 1.25. The first-order valence-corrected chi connectivity index (χ1v) is 9.23. The molecule has 118 valence electrons. The highest BCUT2D eigenvalue weighted by Crippen LogP contribution is 2.09. The average molecular weight is 279 g/mol. The summed E-state index contributed by atoms with van der Waals surface area (Å²) in [6.07, 6.45) is 28.4. The van der Waals surface area contributed by atoms with E-state index in [-0.39, 0.29) is 0 Å². The van der Waals surface area contributed by atoms with Crippen molar-refractivity contribution in [2.75, 3.05) is 0 Å². The maximum atomic E-state index is 2.33. The SMILES string of the molecule is CCCCCC/C=C\C=C\CCCCCCCCCC. The molecule has 0 aliphatic carbocycles. The zero-order valence-electron chi connectivity index (χ0n) is 14.2. The van der Waals surface area contributed by atoms with Crippen LogP contribution in [0.15, 0.2) is 24.3 Å². The lowest BCUT2D eigenvalue weighted by atomic mass is 10.1. The van der Waals surface area contributed by atoms with Crippen LogP contribution in [0.3, 0.4) is 0 Å². The maximum Gasteiger partial charge on any atom is -0.0348 e. The summed E-state index contributed by atoms with van der Waals surface area (Å²) in [5, 5.41) is 0. The highest BCUT2D eigenvalue weighted by atomic mass is 14.0. The van der Waals surface area contributed by atoms with Gasteiger partial charge in [-0.3, -0.25) is 0 Å². The van der Waals surface area contributed by atoms with Crippen LogP contribution in [0.5, 0.6) is 0 Å². The van der Waals surface area contributed by atoms with Crippen LogP contribution >= 0.6 is 0 Å². The van der Waals surface area contributed by atoms with Crippen LogP contribution < -0.4 is 0 Å². The van der Waals surface area contributed by atoms with E-state index in [9.17, 15) is 0 Å². The Labute approximate surface area is 128 Å². The molecule has 0 aromatic heterocycles. The third-order valence-corrected chi connectivity index (χ3v) is 3.83. The monoisotopic (exact) mass is 278 g/mol. The minimum Gasteiger partial charge on any atom is -0.0845 e. The smallest absolute Gasteiger partial charge is 0.0348 e. The summed E-state index contributed by atoms with van der Waals surface area (Å²) >= 11 is 0.